The second-order valence-corrected chi connectivity index (χ2v) is 3.21. The van der Waals surface area contributed by atoms with Crippen molar-refractivity contribution in [3.63, 3.8) is 0 Å². The minimum absolute atomic E-state index is 0. The maximum absolute atomic E-state index is 10.8. The van der Waals surface area contributed by atoms with Crippen molar-refractivity contribution in [3.05, 3.63) is 12.2 Å². The zero-order chi connectivity index (χ0) is 9.78. The van der Waals surface area contributed by atoms with Gasteiger partial charge in [0.15, 0.2) is 0 Å². The first-order valence-corrected chi connectivity index (χ1v) is 3.45. The number of carboxylic acid groups (broad SMARTS) is 1. The summed E-state index contributed by atoms with van der Waals surface area (Å²) in [6.07, 6.45) is 1.63. The third kappa shape index (κ3) is 11.4. The molecular weight excluding hydrogens is 268 g/mol. The van der Waals surface area contributed by atoms with Crippen molar-refractivity contribution in [2.45, 2.75) is 26.4 Å². The van der Waals surface area contributed by atoms with Gasteiger partial charge in [-0.3, -0.25) is 0 Å². The van der Waals surface area contributed by atoms with Gasteiger partial charge in [0.25, 0.3) is 0 Å². The fraction of sp³-hybridized carbons (Fsp3) is 0.500. The first kappa shape index (κ1) is 14.9. The van der Waals surface area contributed by atoms with Crippen LogP contribution in [0, 0.1) is 0 Å². The second-order valence-electron chi connectivity index (χ2n) is 3.21. The average molecular weight is 280 g/mol. The van der Waals surface area contributed by atoms with E-state index in [0.29, 0.717) is 0 Å². The fourth-order valence-electron chi connectivity index (χ4n) is 0.475. The molecule has 13 heavy (non-hydrogen) atoms. The number of rotatable bonds is 2. The maximum Gasteiger partial charge on any atom is 0.331 e. The average Bonchev–Trinajstić information content (AvgIpc) is 1.79. The zero-order valence-corrected chi connectivity index (χ0v) is 9.11. The molecule has 0 atom stereocenters. The Labute approximate surface area is 92.5 Å². The van der Waals surface area contributed by atoms with Gasteiger partial charge in [0.2, 0.25) is 0 Å². The van der Waals surface area contributed by atoms with E-state index in [2.05, 4.69) is 0 Å². The molecule has 0 fully saturated rings. The van der Waals surface area contributed by atoms with Crippen LogP contribution in [0.3, 0.4) is 0 Å². The number of carbonyl (C=O) groups is 2. The van der Waals surface area contributed by atoms with Gasteiger partial charge in [0.1, 0.15) is 5.60 Å². The normalized spacial score (nSPS) is 10.7. The van der Waals surface area contributed by atoms with Crippen LogP contribution in [0.25, 0.3) is 0 Å². The SMILES string of the molecule is CC(C)(C)OC(=O)C=CC(=O)O.[Ag]. The Morgan fingerprint density at radius 2 is 1.69 bits per heavy atom. The van der Waals surface area contributed by atoms with Crippen LogP contribution in [0.5, 0.6) is 0 Å². The van der Waals surface area contributed by atoms with Gasteiger partial charge in [-0.05, 0) is 20.8 Å². The second kappa shape index (κ2) is 5.96. The third-order valence-electron chi connectivity index (χ3n) is 0.769. The van der Waals surface area contributed by atoms with Gasteiger partial charge < -0.3 is 9.84 Å². The molecule has 0 aliphatic rings. The first-order valence-electron chi connectivity index (χ1n) is 3.45. The molecule has 0 spiro atoms. The Kier molecular flexibility index (Phi) is 6.84. The number of carbonyl (C=O) groups excluding carboxylic acids is 1. The summed E-state index contributed by atoms with van der Waals surface area (Å²) in [4.78, 5) is 20.8. The largest absolute Gasteiger partial charge is 0.478 e. The quantitative estimate of drug-likeness (QED) is 0.465. The van der Waals surface area contributed by atoms with E-state index >= 15 is 0 Å². The third-order valence-corrected chi connectivity index (χ3v) is 0.769. The number of carboxylic acids is 1. The van der Waals surface area contributed by atoms with Crippen LogP contribution >= 0.6 is 0 Å². The van der Waals surface area contributed by atoms with Crippen LogP contribution in [0.1, 0.15) is 20.8 Å². The summed E-state index contributed by atoms with van der Waals surface area (Å²) in [6, 6.07) is 0. The fourth-order valence-corrected chi connectivity index (χ4v) is 0.475. The Bertz CT molecular complexity index is 215. The Morgan fingerprint density at radius 1 is 1.23 bits per heavy atom. The minimum Gasteiger partial charge on any atom is -0.478 e. The molecule has 4 nitrogen and oxygen atoms in total. The van der Waals surface area contributed by atoms with E-state index < -0.39 is 17.5 Å². The van der Waals surface area contributed by atoms with E-state index in [0.717, 1.165) is 12.2 Å². The molecule has 0 rings (SSSR count). The minimum atomic E-state index is -1.17. The standard InChI is InChI=1S/C8H12O4.Ag/c1-8(2,3)12-7(11)5-4-6(9)10;/h4-5H,1-3H3,(H,9,10);. The summed E-state index contributed by atoms with van der Waals surface area (Å²) in [5.74, 6) is -1.81. The van der Waals surface area contributed by atoms with Crippen LogP contribution in [0.2, 0.25) is 0 Å². The molecule has 0 aliphatic carbocycles. The van der Waals surface area contributed by atoms with Crippen LogP contribution in [0.15, 0.2) is 12.2 Å². The summed E-state index contributed by atoms with van der Waals surface area (Å²) < 4.78 is 4.80. The van der Waals surface area contributed by atoms with Gasteiger partial charge in [0.05, 0.1) is 0 Å². The van der Waals surface area contributed by atoms with Crippen LogP contribution < -0.4 is 0 Å². The van der Waals surface area contributed by atoms with Crippen molar-refractivity contribution in [2.75, 3.05) is 0 Å². The van der Waals surface area contributed by atoms with Gasteiger partial charge in [-0.1, -0.05) is 0 Å². The van der Waals surface area contributed by atoms with Crippen LogP contribution in [-0.2, 0) is 36.7 Å². The molecule has 1 N–H and O–H groups in total. The van der Waals surface area contributed by atoms with Crippen molar-refractivity contribution >= 4 is 11.9 Å². The van der Waals surface area contributed by atoms with Crippen molar-refractivity contribution in [2.24, 2.45) is 0 Å². The molecule has 0 amide bonds. The van der Waals surface area contributed by atoms with E-state index in [1.807, 2.05) is 0 Å². The van der Waals surface area contributed by atoms with E-state index in [1.54, 1.807) is 20.8 Å². The molecule has 0 heterocycles. The van der Waals surface area contributed by atoms with E-state index in [4.69, 9.17) is 9.84 Å². The van der Waals surface area contributed by atoms with E-state index in [1.165, 1.54) is 0 Å². The summed E-state index contributed by atoms with van der Waals surface area (Å²) in [5.41, 5.74) is -0.583. The zero-order valence-electron chi connectivity index (χ0n) is 7.63. The molecule has 5 heteroatoms. The topological polar surface area (TPSA) is 63.6 Å². The van der Waals surface area contributed by atoms with Gasteiger partial charge in [-0.25, -0.2) is 9.59 Å². The molecule has 0 unspecified atom stereocenters. The van der Waals surface area contributed by atoms with Gasteiger partial charge in [0, 0.05) is 34.5 Å². The molecule has 1 radical (unpaired) electrons. The summed E-state index contributed by atoms with van der Waals surface area (Å²) >= 11 is 0. The molecule has 0 bridgehead atoms. The number of hydrogen-bond acceptors (Lipinski definition) is 3. The number of hydrogen-bond donors (Lipinski definition) is 1. The molecular formula is C8H12AgO4. The molecule has 0 aromatic rings. The molecule has 0 aromatic heterocycles. The summed E-state index contributed by atoms with van der Waals surface area (Å²) in [6.45, 7) is 5.12. The van der Waals surface area contributed by atoms with Gasteiger partial charge in [-0.2, -0.15) is 0 Å². The van der Waals surface area contributed by atoms with Crippen LogP contribution in [0.4, 0.5) is 0 Å². The van der Waals surface area contributed by atoms with E-state index in [9.17, 15) is 9.59 Å². The predicted octanol–water partition coefficient (Wildman–Crippen LogP) is 0.966. The van der Waals surface area contributed by atoms with Crippen molar-refractivity contribution in [1.29, 1.82) is 0 Å². The molecule has 0 aromatic carbocycles. The van der Waals surface area contributed by atoms with Crippen molar-refractivity contribution in [3.8, 4) is 0 Å². The molecule has 79 valence electrons. The van der Waals surface area contributed by atoms with Crippen molar-refractivity contribution in [1.82, 2.24) is 0 Å². The van der Waals surface area contributed by atoms with Crippen LogP contribution in [-0.4, -0.2) is 22.6 Å². The Morgan fingerprint density at radius 3 is 2.00 bits per heavy atom. The Balaban J connectivity index is 0. The number of aliphatic carboxylic acids is 1. The summed E-state index contributed by atoms with van der Waals surface area (Å²) in [5, 5.41) is 8.17. The maximum atomic E-state index is 10.8. The van der Waals surface area contributed by atoms with Gasteiger partial charge >= 0.3 is 11.9 Å². The first-order chi connectivity index (χ1) is 5.31. The number of esters is 1. The monoisotopic (exact) mass is 279 g/mol. The van der Waals surface area contributed by atoms with Gasteiger partial charge in [-0.15, -0.1) is 0 Å². The Hall–Kier alpha value is -0.580. The van der Waals surface area contributed by atoms with E-state index in [-0.39, 0.29) is 22.4 Å². The molecule has 0 aliphatic heterocycles. The molecule has 0 saturated carbocycles. The number of ether oxygens (including phenoxy) is 1. The molecule has 0 saturated heterocycles. The summed E-state index contributed by atoms with van der Waals surface area (Å²) in [7, 11) is 0. The smallest absolute Gasteiger partial charge is 0.331 e. The van der Waals surface area contributed by atoms with Crippen molar-refractivity contribution < 1.29 is 41.8 Å². The predicted molar refractivity (Wildman–Crippen MR) is 42.6 cm³/mol.